The Morgan fingerprint density at radius 1 is 1.00 bits per heavy atom. The number of amides is 1. The molecule has 4 nitrogen and oxygen atoms in total. The standard InChI is InChI=1S/C17H17NO3/c1-13(12-21-16-6-4-3-5-7-16)17(19)18-14-8-10-15(20-2)11-9-14/h3-12H,1-2H3,(H,18,19). The molecule has 2 aromatic carbocycles. The van der Waals surface area contributed by atoms with Crippen LogP contribution in [0.15, 0.2) is 66.4 Å². The van der Waals surface area contributed by atoms with Crippen LogP contribution in [0, 0.1) is 0 Å². The topological polar surface area (TPSA) is 47.6 Å². The second kappa shape index (κ2) is 7.14. The van der Waals surface area contributed by atoms with Crippen molar-refractivity contribution in [3.63, 3.8) is 0 Å². The first-order valence-electron chi connectivity index (χ1n) is 6.53. The third-order valence-electron chi connectivity index (χ3n) is 2.82. The van der Waals surface area contributed by atoms with Crippen molar-refractivity contribution in [1.29, 1.82) is 0 Å². The van der Waals surface area contributed by atoms with E-state index in [2.05, 4.69) is 5.32 Å². The number of ether oxygens (including phenoxy) is 2. The fourth-order valence-corrected chi connectivity index (χ4v) is 1.61. The summed E-state index contributed by atoms with van der Waals surface area (Å²) in [5.74, 6) is 1.22. The highest BCUT2D eigenvalue weighted by atomic mass is 16.5. The molecule has 0 heterocycles. The number of methoxy groups -OCH3 is 1. The van der Waals surface area contributed by atoms with Crippen LogP contribution in [-0.4, -0.2) is 13.0 Å². The normalized spacial score (nSPS) is 10.9. The quantitative estimate of drug-likeness (QED) is 0.673. The van der Waals surface area contributed by atoms with E-state index in [-0.39, 0.29) is 5.91 Å². The number of hydrogen-bond acceptors (Lipinski definition) is 3. The van der Waals surface area contributed by atoms with Crippen molar-refractivity contribution in [1.82, 2.24) is 0 Å². The third kappa shape index (κ3) is 4.38. The Hall–Kier alpha value is -2.75. The summed E-state index contributed by atoms with van der Waals surface area (Å²) in [5, 5.41) is 2.79. The number of para-hydroxylation sites is 1. The molecule has 1 amide bonds. The van der Waals surface area contributed by atoms with Gasteiger partial charge in [0.2, 0.25) is 0 Å². The van der Waals surface area contributed by atoms with Crippen molar-refractivity contribution in [3.05, 3.63) is 66.4 Å². The van der Waals surface area contributed by atoms with Crippen molar-refractivity contribution >= 4 is 11.6 Å². The van der Waals surface area contributed by atoms with Crippen LogP contribution in [0.3, 0.4) is 0 Å². The molecule has 0 radical (unpaired) electrons. The maximum Gasteiger partial charge on any atom is 0.254 e. The lowest BCUT2D eigenvalue weighted by Gasteiger charge is -2.07. The molecule has 2 aromatic rings. The zero-order chi connectivity index (χ0) is 15.1. The van der Waals surface area contributed by atoms with Gasteiger partial charge in [-0.2, -0.15) is 0 Å². The lowest BCUT2D eigenvalue weighted by Crippen LogP contribution is -2.13. The van der Waals surface area contributed by atoms with Crippen LogP contribution in [0.25, 0.3) is 0 Å². The lowest BCUT2D eigenvalue weighted by atomic mass is 10.2. The van der Waals surface area contributed by atoms with Gasteiger partial charge in [0.1, 0.15) is 11.5 Å². The molecule has 0 aliphatic carbocycles. The van der Waals surface area contributed by atoms with Crippen molar-refractivity contribution in [2.75, 3.05) is 12.4 Å². The number of nitrogens with one attached hydrogen (secondary N) is 1. The summed E-state index contributed by atoms with van der Waals surface area (Å²) in [7, 11) is 1.60. The molecular formula is C17H17NO3. The summed E-state index contributed by atoms with van der Waals surface area (Å²) >= 11 is 0. The minimum absolute atomic E-state index is 0.212. The Labute approximate surface area is 124 Å². The average molecular weight is 283 g/mol. The Morgan fingerprint density at radius 3 is 2.29 bits per heavy atom. The van der Waals surface area contributed by atoms with Crippen molar-refractivity contribution in [2.45, 2.75) is 6.92 Å². The van der Waals surface area contributed by atoms with Crippen LogP contribution in [0.4, 0.5) is 5.69 Å². The fourth-order valence-electron chi connectivity index (χ4n) is 1.61. The molecule has 0 atom stereocenters. The SMILES string of the molecule is COc1ccc(NC(=O)C(C)=COc2ccccc2)cc1. The van der Waals surface area contributed by atoms with Gasteiger partial charge in [-0.25, -0.2) is 0 Å². The van der Waals surface area contributed by atoms with E-state index in [9.17, 15) is 4.79 Å². The zero-order valence-electron chi connectivity index (χ0n) is 12.0. The minimum Gasteiger partial charge on any atom is -0.497 e. The predicted molar refractivity (Wildman–Crippen MR) is 82.5 cm³/mol. The van der Waals surface area contributed by atoms with Crippen molar-refractivity contribution in [2.24, 2.45) is 0 Å². The molecule has 0 unspecified atom stereocenters. The zero-order valence-corrected chi connectivity index (χ0v) is 12.0. The summed E-state index contributed by atoms with van der Waals surface area (Å²) < 4.78 is 10.5. The number of hydrogen-bond donors (Lipinski definition) is 1. The molecule has 0 aliphatic rings. The van der Waals surface area contributed by atoms with E-state index in [1.165, 1.54) is 6.26 Å². The Balaban J connectivity index is 1.95. The molecule has 0 aromatic heterocycles. The third-order valence-corrected chi connectivity index (χ3v) is 2.82. The van der Waals surface area contributed by atoms with Crippen LogP contribution in [0.5, 0.6) is 11.5 Å². The van der Waals surface area contributed by atoms with Gasteiger partial charge in [0.05, 0.1) is 13.4 Å². The van der Waals surface area contributed by atoms with E-state index in [0.717, 1.165) is 5.75 Å². The molecule has 0 aliphatic heterocycles. The van der Waals surface area contributed by atoms with Crippen LogP contribution in [-0.2, 0) is 4.79 Å². The molecule has 0 fully saturated rings. The van der Waals surface area contributed by atoms with Gasteiger partial charge in [-0.1, -0.05) is 18.2 Å². The van der Waals surface area contributed by atoms with Gasteiger partial charge in [-0.15, -0.1) is 0 Å². The summed E-state index contributed by atoms with van der Waals surface area (Å²) in [4.78, 5) is 12.0. The highest BCUT2D eigenvalue weighted by Gasteiger charge is 2.05. The van der Waals surface area contributed by atoms with E-state index in [0.29, 0.717) is 17.0 Å². The summed E-state index contributed by atoms with van der Waals surface area (Å²) in [6, 6.07) is 16.4. The Morgan fingerprint density at radius 2 is 1.67 bits per heavy atom. The maximum atomic E-state index is 12.0. The van der Waals surface area contributed by atoms with E-state index >= 15 is 0 Å². The van der Waals surface area contributed by atoms with Gasteiger partial charge in [-0.3, -0.25) is 4.79 Å². The van der Waals surface area contributed by atoms with E-state index in [1.807, 2.05) is 30.3 Å². The number of rotatable bonds is 5. The smallest absolute Gasteiger partial charge is 0.254 e. The first-order chi connectivity index (χ1) is 10.2. The van der Waals surface area contributed by atoms with Crippen LogP contribution < -0.4 is 14.8 Å². The number of carbonyl (C=O) groups excluding carboxylic acids is 1. The van der Waals surface area contributed by atoms with E-state index < -0.39 is 0 Å². The van der Waals surface area contributed by atoms with Gasteiger partial charge in [0, 0.05) is 11.3 Å². The second-order valence-corrected chi connectivity index (χ2v) is 4.41. The van der Waals surface area contributed by atoms with E-state index in [4.69, 9.17) is 9.47 Å². The molecule has 0 saturated carbocycles. The maximum absolute atomic E-state index is 12.0. The van der Waals surface area contributed by atoms with Gasteiger partial charge in [0.25, 0.3) is 5.91 Å². The Bertz CT molecular complexity index is 618. The number of carbonyl (C=O) groups is 1. The monoisotopic (exact) mass is 283 g/mol. The van der Waals surface area contributed by atoms with Gasteiger partial charge in [-0.05, 0) is 43.3 Å². The Kier molecular flexibility index (Phi) is 4.99. The average Bonchev–Trinajstić information content (AvgIpc) is 2.54. The molecule has 108 valence electrons. The molecule has 0 saturated heterocycles. The predicted octanol–water partition coefficient (Wildman–Crippen LogP) is 3.62. The van der Waals surface area contributed by atoms with Crippen molar-refractivity contribution in [3.8, 4) is 11.5 Å². The van der Waals surface area contributed by atoms with Gasteiger partial charge < -0.3 is 14.8 Å². The molecule has 0 bridgehead atoms. The molecule has 1 N–H and O–H groups in total. The van der Waals surface area contributed by atoms with Crippen LogP contribution in [0.1, 0.15) is 6.92 Å². The van der Waals surface area contributed by atoms with Gasteiger partial charge >= 0.3 is 0 Å². The van der Waals surface area contributed by atoms with Crippen LogP contribution >= 0.6 is 0 Å². The first kappa shape index (κ1) is 14.7. The number of anilines is 1. The first-order valence-corrected chi connectivity index (χ1v) is 6.53. The molecular weight excluding hydrogens is 266 g/mol. The molecule has 4 heteroatoms. The highest BCUT2D eigenvalue weighted by molar-refractivity contribution is 6.03. The fraction of sp³-hybridized carbons (Fsp3) is 0.118. The highest BCUT2D eigenvalue weighted by Crippen LogP contribution is 2.16. The van der Waals surface area contributed by atoms with E-state index in [1.54, 1.807) is 38.3 Å². The molecule has 0 spiro atoms. The number of benzene rings is 2. The molecule has 2 rings (SSSR count). The summed E-state index contributed by atoms with van der Waals surface area (Å²) in [6.45, 7) is 1.70. The summed E-state index contributed by atoms with van der Waals surface area (Å²) in [5.41, 5.74) is 1.18. The lowest BCUT2D eigenvalue weighted by molar-refractivity contribution is -0.112. The van der Waals surface area contributed by atoms with Crippen molar-refractivity contribution < 1.29 is 14.3 Å². The van der Waals surface area contributed by atoms with Crippen LogP contribution in [0.2, 0.25) is 0 Å². The molecule has 21 heavy (non-hydrogen) atoms. The summed E-state index contributed by atoms with van der Waals surface area (Å²) in [6.07, 6.45) is 1.44. The van der Waals surface area contributed by atoms with Gasteiger partial charge in [0.15, 0.2) is 0 Å². The second-order valence-electron chi connectivity index (χ2n) is 4.41. The largest absolute Gasteiger partial charge is 0.497 e. The minimum atomic E-state index is -0.212.